The molecule has 0 aromatic heterocycles. The topological polar surface area (TPSA) is 73.0 Å². The first-order valence-electron chi connectivity index (χ1n) is 11.5. The standard InChI is InChI=1S/C27H21Cl3N4O3/c28-18-9-10-22(21(29)16-18)34-26(36)23(30)24(27(34)37)31-19-6-4-5-17(15-19)25(35)33-13-11-32(12-14-33)20-7-2-1-3-8-20/h1-10,15-16,31H,11-14H2. The van der Waals surface area contributed by atoms with Crippen molar-refractivity contribution in [1.29, 1.82) is 0 Å². The maximum absolute atomic E-state index is 13.2. The largest absolute Gasteiger partial charge is 0.368 e. The van der Waals surface area contributed by atoms with Crippen LogP contribution in [0.4, 0.5) is 17.1 Å². The molecule has 10 heteroatoms. The monoisotopic (exact) mass is 554 g/mol. The third-order valence-electron chi connectivity index (χ3n) is 6.25. The third kappa shape index (κ3) is 5.03. The number of hydrogen-bond donors (Lipinski definition) is 1. The second kappa shape index (κ2) is 10.5. The molecule has 5 rings (SSSR count). The zero-order valence-corrected chi connectivity index (χ0v) is 21.7. The van der Waals surface area contributed by atoms with Gasteiger partial charge >= 0.3 is 0 Å². The van der Waals surface area contributed by atoms with Crippen molar-refractivity contribution in [2.24, 2.45) is 0 Å². The lowest BCUT2D eigenvalue weighted by Crippen LogP contribution is -2.48. The Morgan fingerprint density at radius 3 is 2.22 bits per heavy atom. The molecule has 0 spiro atoms. The van der Waals surface area contributed by atoms with Gasteiger partial charge in [0.1, 0.15) is 10.7 Å². The molecule has 1 saturated heterocycles. The molecular weight excluding hydrogens is 535 g/mol. The Morgan fingerprint density at radius 2 is 1.51 bits per heavy atom. The number of anilines is 3. The number of nitrogens with zero attached hydrogens (tertiary/aromatic N) is 3. The van der Waals surface area contributed by atoms with Crippen molar-refractivity contribution < 1.29 is 14.4 Å². The van der Waals surface area contributed by atoms with Gasteiger partial charge in [-0.2, -0.15) is 0 Å². The first kappa shape index (κ1) is 25.1. The molecule has 2 aliphatic rings. The van der Waals surface area contributed by atoms with Crippen molar-refractivity contribution in [1.82, 2.24) is 4.90 Å². The van der Waals surface area contributed by atoms with Crippen LogP contribution in [0.25, 0.3) is 0 Å². The Labute approximate surface area is 228 Å². The normalized spacial score (nSPS) is 16.0. The zero-order chi connectivity index (χ0) is 26.1. The zero-order valence-electron chi connectivity index (χ0n) is 19.5. The fourth-order valence-corrected chi connectivity index (χ4v) is 5.06. The quantitative estimate of drug-likeness (QED) is 0.427. The van der Waals surface area contributed by atoms with Crippen LogP contribution in [0.1, 0.15) is 10.4 Å². The lowest BCUT2D eigenvalue weighted by molar-refractivity contribution is -0.120. The predicted molar refractivity (Wildman–Crippen MR) is 146 cm³/mol. The van der Waals surface area contributed by atoms with E-state index in [1.54, 1.807) is 29.2 Å². The number of carbonyl (C=O) groups excluding carboxylic acids is 3. The van der Waals surface area contributed by atoms with E-state index in [1.807, 2.05) is 18.2 Å². The highest BCUT2D eigenvalue weighted by Gasteiger charge is 2.40. The molecule has 0 aliphatic carbocycles. The lowest BCUT2D eigenvalue weighted by atomic mass is 10.1. The van der Waals surface area contributed by atoms with Crippen LogP contribution in [0.15, 0.2) is 83.5 Å². The fraction of sp³-hybridized carbons (Fsp3) is 0.148. The van der Waals surface area contributed by atoms with Crippen LogP contribution in [0.5, 0.6) is 0 Å². The summed E-state index contributed by atoms with van der Waals surface area (Å²) >= 11 is 18.4. The summed E-state index contributed by atoms with van der Waals surface area (Å²) < 4.78 is 0. The van der Waals surface area contributed by atoms with Crippen LogP contribution in [0, 0.1) is 0 Å². The molecule has 0 radical (unpaired) electrons. The van der Waals surface area contributed by atoms with Crippen LogP contribution in [-0.4, -0.2) is 48.8 Å². The first-order chi connectivity index (χ1) is 17.8. The minimum atomic E-state index is -0.707. The minimum Gasteiger partial charge on any atom is -0.368 e. The van der Waals surface area contributed by atoms with Gasteiger partial charge in [-0.3, -0.25) is 14.4 Å². The molecule has 7 nitrogen and oxygen atoms in total. The maximum atomic E-state index is 13.2. The Morgan fingerprint density at radius 1 is 0.784 bits per heavy atom. The van der Waals surface area contributed by atoms with E-state index in [4.69, 9.17) is 34.8 Å². The Hall–Kier alpha value is -3.52. The van der Waals surface area contributed by atoms with Gasteiger partial charge in [-0.15, -0.1) is 0 Å². The van der Waals surface area contributed by atoms with E-state index in [0.29, 0.717) is 29.4 Å². The van der Waals surface area contributed by atoms with E-state index < -0.39 is 11.8 Å². The molecule has 0 bridgehead atoms. The third-order valence-corrected chi connectivity index (χ3v) is 7.13. The highest BCUT2D eigenvalue weighted by molar-refractivity contribution is 6.54. The molecule has 2 heterocycles. The maximum Gasteiger partial charge on any atom is 0.283 e. The molecule has 1 N–H and O–H groups in total. The van der Waals surface area contributed by atoms with Crippen molar-refractivity contribution in [3.8, 4) is 0 Å². The van der Waals surface area contributed by atoms with Crippen LogP contribution < -0.4 is 15.1 Å². The van der Waals surface area contributed by atoms with Crippen molar-refractivity contribution in [2.75, 3.05) is 41.3 Å². The number of benzene rings is 3. The predicted octanol–water partition coefficient (Wildman–Crippen LogP) is 5.39. The summed E-state index contributed by atoms with van der Waals surface area (Å²) in [6.45, 7) is 2.64. The minimum absolute atomic E-state index is 0.0984. The fourth-order valence-electron chi connectivity index (χ4n) is 4.36. The Balaban J connectivity index is 1.29. The van der Waals surface area contributed by atoms with E-state index in [9.17, 15) is 14.4 Å². The second-order valence-electron chi connectivity index (χ2n) is 8.55. The summed E-state index contributed by atoms with van der Waals surface area (Å²) in [5.41, 5.74) is 2.13. The summed E-state index contributed by atoms with van der Waals surface area (Å²) in [7, 11) is 0. The van der Waals surface area contributed by atoms with Gasteiger partial charge in [0.2, 0.25) is 0 Å². The highest BCUT2D eigenvalue weighted by Crippen LogP contribution is 2.35. The van der Waals surface area contributed by atoms with Gasteiger partial charge in [-0.05, 0) is 48.5 Å². The van der Waals surface area contributed by atoms with E-state index >= 15 is 0 Å². The van der Waals surface area contributed by atoms with E-state index in [-0.39, 0.29) is 27.3 Å². The number of halogens is 3. The molecule has 3 amide bonds. The second-order valence-corrected chi connectivity index (χ2v) is 9.77. The number of nitrogens with one attached hydrogen (secondary N) is 1. The van der Waals surface area contributed by atoms with E-state index in [2.05, 4.69) is 22.3 Å². The Bertz CT molecular complexity index is 1420. The Kier molecular flexibility index (Phi) is 7.11. The van der Waals surface area contributed by atoms with Gasteiger partial charge in [0.05, 0.1) is 10.7 Å². The van der Waals surface area contributed by atoms with Gasteiger partial charge in [0.15, 0.2) is 0 Å². The molecule has 37 heavy (non-hydrogen) atoms. The highest BCUT2D eigenvalue weighted by atomic mass is 35.5. The average molecular weight is 556 g/mol. The lowest BCUT2D eigenvalue weighted by Gasteiger charge is -2.36. The van der Waals surface area contributed by atoms with E-state index in [1.165, 1.54) is 18.2 Å². The summed E-state index contributed by atoms with van der Waals surface area (Å²) in [5, 5.41) is 3.15. The van der Waals surface area contributed by atoms with E-state index in [0.717, 1.165) is 23.7 Å². The molecule has 1 fully saturated rings. The number of piperazine rings is 1. The molecular formula is C27H21Cl3N4O3. The summed E-state index contributed by atoms with van der Waals surface area (Å²) in [4.78, 5) is 44.0. The summed E-state index contributed by atoms with van der Waals surface area (Å²) in [6, 6.07) is 21.3. The first-order valence-corrected chi connectivity index (χ1v) is 12.7. The van der Waals surface area contributed by atoms with Crippen molar-refractivity contribution >= 4 is 69.6 Å². The van der Waals surface area contributed by atoms with Crippen LogP contribution in [0.2, 0.25) is 10.0 Å². The number of hydrogen-bond acceptors (Lipinski definition) is 5. The number of imide groups is 1. The summed E-state index contributed by atoms with van der Waals surface area (Å²) in [6.07, 6.45) is 0. The molecule has 2 aliphatic heterocycles. The van der Waals surface area contributed by atoms with Crippen molar-refractivity contribution in [3.05, 3.63) is 99.1 Å². The summed E-state index contributed by atoms with van der Waals surface area (Å²) in [5.74, 6) is -1.48. The van der Waals surface area contributed by atoms with Gasteiger partial charge < -0.3 is 15.1 Å². The average Bonchev–Trinajstić information content (AvgIpc) is 3.12. The van der Waals surface area contributed by atoms with Crippen LogP contribution >= 0.6 is 34.8 Å². The molecule has 0 unspecified atom stereocenters. The van der Waals surface area contributed by atoms with Crippen LogP contribution in [-0.2, 0) is 9.59 Å². The number of amides is 3. The molecule has 3 aromatic carbocycles. The van der Waals surface area contributed by atoms with Crippen molar-refractivity contribution in [3.63, 3.8) is 0 Å². The molecule has 0 atom stereocenters. The van der Waals surface area contributed by atoms with Gasteiger partial charge in [-0.25, -0.2) is 4.90 Å². The molecule has 188 valence electrons. The van der Waals surface area contributed by atoms with Gasteiger partial charge in [-0.1, -0.05) is 59.1 Å². The SMILES string of the molecule is O=C(c1cccc(NC2=C(Cl)C(=O)N(c3ccc(Cl)cc3Cl)C2=O)c1)N1CCN(c2ccccc2)CC1. The number of rotatable bonds is 5. The van der Waals surface area contributed by atoms with Gasteiger partial charge in [0, 0.05) is 48.1 Å². The smallest absolute Gasteiger partial charge is 0.283 e. The van der Waals surface area contributed by atoms with Crippen molar-refractivity contribution in [2.45, 2.75) is 0 Å². The number of carbonyl (C=O) groups is 3. The molecule has 3 aromatic rings. The molecule has 0 saturated carbocycles. The van der Waals surface area contributed by atoms with Crippen LogP contribution in [0.3, 0.4) is 0 Å². The number of para-hydroxylation sites is 1. The van der Waals surface area contributed by atoms with Gasteiger partial charge in [0.25, 0.3) is 17.7 Å².